The van der Waals surface area contributed by atoms with Crippen molar-refractivity contribution in [2.24, 2.45) is 0 Å². The van der Waals surface area contributed by atoms with E-state index in [0.29, 0.717) is 0 Å². The molecular formula is C11H6ClFN2O3. The highest BCUT2D eigenvalue weighted by atomic mass is 35.5. The van der Waals surface area contributed by atoms with Gasteiger partial charge in [-0.1, -0.05) is 11.6 Å². The molecule has 0 N–H and O–H groups in total. The van der Waals surface area contributed by atoms with Crippen LogP contribution in [0, 0.1) is 15.9 Å². The van der Waals surface area contributed by atoms with Crippen LogP contribution in [0.4, 0.5) is 10.1 Å². The van der Waals surface area contributed by atoms with Crippen molar-refractivity contribution in [3.63, 3.8) is 0 Å². The van der Waals surface area contributed by atoms with Crippen LogP contribution >= 0.6 is 11.6 Å². The fraction of sp³-hybridized carbons (Fsp3) is 0. The third-order valence-electron chi connectivity index (χ3n) is 2.05. The molecule has 2 rings (SSSR count). The monoisotopic (exact) mass is 268 g/mol. The van der Waals surface area contributed by atoms with Crippen LogP contribution in [0.5, 0.6) is 11.5 Å². The zero-order valence-corrected chi connectivity index (χ0v) is 9.60. The Kier molecular flexibility index (Phi) is 3.38. The second-order valence-corrected chi connectivity index (χ2v) is 3.68. The molecular weight excluding hydrogens is 263 g/mol. The van der Waals surface area contributed by atoms with Crippen LogP contribution in [-0.2, 0) is 0 Å². The Hall–Kier alpha value is -2.21. The van der Waals surface area contributed by atoms with Crippen LogP contribution in [0.2, 0.25) is 5.15 Å². The summed E-state index contributed by atoms with van der Waals surface area (Å²) in [5.74, 6) is -0.497. The smallest absolute Gasteiger partial charge is 0.314 e. The quantitative estimate of drug-likeness (QED) is 0.485. The number of hydrogen-bond donors (Lipinski definition) is 0. The van der Waals surface area contributed by atoms with Crippen molar-refractivity contribution in [2.75, 3.05) is 0 Å². The number of benzene rings is 1. The van der Waals surface area contributed by atoms with Crippen LogP contribution in [0.15, 0.2) is 36.5 Å². The number of nitro groups is 1. The van der Waals surface area contributed by atoms with Gasteiger partial charge in [0.05, 0.1) is 17.2 Å². The topological polar surface area (TPSA) is 65.3 Å². The maximum atomic E-state index is 12.9. The molecule has 0 aliphatic carbocycles. The minimum absolute atomic E-state index is 0.0643. The van der Waals surface area contributed by atoms with E-state index in [4.69, 9.17) is 16.3 Å². The van der Waals surface area contributed by atoms with Crippen molar-refractivity contribution in [3.8, 4) is 11.5 Å². The third kappa shape index (κ3) is 2.72. The van der Waals surface area contributed by atoms with Gasteiger partial charge in [-0.2, -0.15) is 0 Å². The van der Waals surface area contributed by atoms with Crippen molar-refractivity contribution < 1.29 is 14.1 Å². The number of ether oxygens (including phenoxy) is 1. The molecule has 18 heavy (non-hydrogen) atoms. The van der Waals surface area contributed by atoms with Crippen molar-refractivity contribution in [1.82, 2.24) is 4.98 Å². The van der Waals surface area contributed by atoms with Gasteiger partial charge < -0.3 is 4.74 Å². The fourth-order valence-corrected chi connectivity index (χ4v) is 1.38. The lowest BCUT2D eigenvalue weighted by Crippen LogP contribution is -1.94. The first-order valence-corrected chi connectivity index (χ1v) is 5.17. The molecule has 0 atom stereocenters. The van der Waals surface area contributed by atoms with Gasteiger partial charge in [0, 0.05) is 0 Å². The van der Waals surface area contributed by atoms with Crippen molar-refractivity contribution in [1.29, 1.82) is 0 Å². The van der Waals surface area contributed by atoms with Crippen LogP contribution < -0.4 is 4.74 Å². The summed E-state index contributed by atoms with van der Waals surface area (Å²) in [7, 11) is 0. The average molecular weight is 269 g/mol. The van der Waals surface area contributed by atoms with Crippen molar-refractivity contribution >= 4 is 17.3 Å². The summed E-state index contributed by atoms with van der Waals surface area (Å²) in [5, 5.41) is 11.0. The molecule has 0 bridgehead atoms. The Morgan fingerprint density at radius 2 is 2.11 bits per heavy atom. The van der Waals surface area contributed by atoms with E-state index in [-0.39, 0.29) is 16.7 Å². The van der Waals surface area contributed by atoms with Gasteiger partial charge in [0.2, 0.25) is 5.75 Å². The minimum Gasteiger partial charge on any atom is -0.449 e. The highest BCUT2D eigenvalue weighted by Crippen LogP contribution is 2.31. The first kappa shape index (κ1) is 12.3. The van der Waals surface area contributed by atoms with E-state index in [1.54, 1.807) is 0 Å². The Labute approximate surface area is 106 Å². The van der Waals surface area contributed by atoms with Gasteiger partial charge in [-0.3, -0.25) is 10.1 Å². The van der Waals surface area contributed by atoms with E-state index in [1.807, 2.05) is 0 Å². The number of rotatable bonds is 3. The highest BCUT2D eigenvalue weighted by molar-refractivity contribution is 6.29. The standard InChI is InChI=1S/C11H6ClFN2O3/c12-11-4-2-8(6-14-11)18-10-3-1-7(13)5-9(10)15(16)17/h1-6H. The summed E-state index contributed by atoms with van der Waals surface area (Å²) in [5.41, 5.74) is -0.454. The molecule has 1 aromatic heterocycles. The first-order valence-electron chi connectivity index (χ1n) is 4.79. The SMILES string of the molecule is O=[N+]([O-])c1cc(F)ccc1Oc1ccc(Cl)nc1. The Balaban J connectivity index is 2.34. The molecule has 2 aromatic rings. The normalized spacial score (nSPS) is 10.1. The zero-order valence-electron chi connectivity index (χ0n) is 8.84. The molecule has 1 aromatic carbocycles. The summed E-state index contributed by atoms with van der Waals surface area (Å²) in [6, 6.07) is 6.03. The van der Waals surface area contributed by atoms with Crippen molar-refractivity contribution in [2.45, 2.75) is 0 Å². The molecule has 7 heteroatoms. The van der Waals surface area contributed by atoms with Gasteiger partial charge in [0.15, 0.2) is 0 Å². The van der Waals surface area contributed by atoms with E-state index in [9.17, 15) is 14.5 Å². The van der Waals surface area contributed by atoms with E-state index < -0.39 is 16.4 Å². The second-order valence-electron chi connectivity index (χ2n) is 3.29. The number of pyridine rings is 1. The summed E-state index contributed by atoms with van der Waals surface area (Å²) in [6.07, 6.45) is 1.31. The van der Waals surface area contributed by atoms with E-state index >= 15 is 0 Å². The Bertz CT molecular complexity index is 589. The predicted molar refractivity (Wildman–Crippen MR) is 62.4 cm³/mol. The van der Waals surface area contributed by atoms with Gasteiger partial charge >= 0.3 is 5.69 Å². The van der Waals surface area contributed by atoms with Crippen LogP contribution in [0.25, 0.3) is 0 Å². The molecule has 0 saturated carbocycles. The fourth-order valence-electron chi connectivity index (χ4n) is 1.27. The molecule has 0 aliphatic heterocycles. The van der Waals surface area contributed by atoms with Gasteiger partial charge in [-0.15, -0.1) is 0 Å². The lowest BCUT2D eigenvalue weighted by Gasteiger charge is -2.05. The number of halogens is 2. The van der Waals surface area contributed by atoms with Gasteiger partial charge in [0.25, 0.3) is 0 Å². The maximum Gasteiger partial charge on any atom is 0.314 e. The van der Waals surface area contributed by atoms with Crippen molar-refractivity contribution in [3.05, 3.63) is 57.6 Å². The maximum absolute atomic E-state index is 12.9. The molecule has 0 spiro atoms. The highest BCUT2D eigenvalue weighted by Gasteiger charge is 2.17. The number of nitro benzene ring substituents is 1. The minimum atomic E-state index is -0.720. The molecule has 0 unspecified atom stereocenters. The Morgan fingerprint density at radius 1 is 1.33 bits per heavy atom. The number of hydrogen-bond acceptors (Lipinski definition) is 4. The number of aromatic nitrogens is 1. The Morgan fingerprint density at radius 3 is 2.72 bits per heavy atom. The summed E-state index contributed by atoms with van der Waals surface area (Å²) in [4.78, 5) is 13.8. The van der Waals surface area contributed by atoms with Gasteiger partial charge in [-0.25, -0.2) is 9.37 Å². The number of nitrogens with zero attached hydrogens (tertiary/aromatic N) is 2. The zero-order chi connectivity index (χ0) is 13.1. The molecule has 0 amide bonds. The van der Waals surface area contributed by atoms with E-state index in [0.717, 1.165) is 12.1 Å². The molecule has 5 nitrogen and oxygen atoms in total. The van der Waals surface area contributed by atoms with Crippen LogP contribution in [0.1, 0.15) is 0 Å². The molecule has 0 aliphatic rings. The second kappa shape index (κ2) is 4.97. The predicted octanol–water partition coefficient (Wildman–Crippen LogP) is 3.57. The lowest BCUT2D eigenvalue weighted by atomic mass is 10.3. The average Bonchev–Trinajstić information content (AvgIpc) is 2.34. The molecule has 0 radical (unpaired) electrons. The third-order valence-corrected chi connectivity index (χ3v) is 2.27. The van der Waals surface area contributed by atoms with E-state index in [1.165, 1.54) is 24.4 Å². The molecule has 0 fully saturated rings. The summed E-state index contributed by atoms with van der Waals surface area (Å²) >= 11 is 5.59. The molecule has 0 saturated heterocycles. The molecule has 1 heterocycles. The van der Waals surface area contributed by atoms with E-state index in [2.05, 4.69) is 4.98 Å². The van der Waals surface area contributed by atoms with Crippen LogP contribution in [0.3, 0.4) is 0 Å². The summed E-state index contributed by atoms with van der Waals surface area (Å²) in [6.45, 7) is 0. The van der Waals surface area contributed by atoms with Gasteiger partial charge in [-0.05, 0) is 24.3 Å². The summed E-state index contributed by atoms with van der Waals surface area (Å²) < 4.78 is 18.2. The van der Waals surface area contributed by atoms with Gasteiger partial charge in [0.1, 0.15) is 16.7 Å². The molecule has 92 valence electrons. The first-order chi connectivity index (χ1) is 8.56. The van der Waals surface area contributed by atoms with Crippen LogP contribution in [-0.4, -0.2) is 9.91 Å². The largest absolute Gasteiger partial charge is 0.449 e. The lowest BCUT2D eigenvalue weighted by molar-refractivity contribution is -0.385.